The smallest absolute Gasteiger partial charge is 0.242 e. The fraction of sp³-hybridized carbons (Fsp3) is 0.875. The molecule has 3 atom stereocenters. The summed E-state index contributed by atoms with van der Waals surface area (Å²) in [5, 5.41) is 2.71. The highest BCUT2D eigenvalue weighted by atomic mass is 16.2. The van der Waals surface area contributed by atoms with Gasteiger partial charge in [-0.25, -0.2) is 0 Å². The van der Waals surface area contributed by atoms with E-state index >= 15 is 0 Å². The van der Waals surface area contributed by atoms with Gasteiger partial charge in [0.1, 0.15) is 0 Å². The molecule has 0 aromatic heterocycles. The predicted octanol–water partition coefficient (Wildman–Crippen LogP) is 0.171. The summed E-state index contributed by atoms with van der Waals surface area (Å²) in [4.78, 5) is 28.9. The molecule has 2 bridgehead atoms. The molecule has 0 saturated carbocycles. The molecule has 0 radical (unpaired) electrons. The van der Waals surface area contributed by atoms with Crippen molar-refractivity contribution >= 4 is 11.8 Å². The van der Waals surface area contributed by atoms with Crippen LogP contribution < -0.4 is 11.1 Å². The number of rotatable bonds is 5. The summed E-state index contributed by atoms with van der Waals surface area (Å²) in [5.74, 6) is -0.127. The number of nitrogens with zero attached hydrogens (tertiary/aromatic N) is 2. The Morgan fingerprint density at radius 2 is 1.91 bits per heavy atom. The van der Waals surface area contributed by atoms with Gasteiger partial charge in [0.25, 0.3) is 0 Å². The molecule has 0 spiro atoms. The van der Waals surface area contributed by atoms with Gasteiger partial charge < -0.3 is 20.9 Å². The Hall–Kier alpha value is -1.14. The normalized spacial score (nSPS) is 26.9. The zero-order chi connectivity index (χ0) is 16.3. The molecule has 2 rings (SSSR count). The van der Waals surface area contributed by atoms with Crippen LogP contribution in [0.25, 0.3) is 0 Å². The minimum Gasteiger partial charge on any atom is -0.346 e. The van der Waals surface area contributed by atoms with E-state index in [2.05, 4.69) is 17.1 Å². The molecule has 22 heavy (non-hydrogen) atoms. The molecule has 126 valence electrons. The second kappa shape index (κ2) is 7.42. The molecule has 2 fully saturated rings. The van der Waals surface area contributed by atoms with E-state index in [1.54, 1.807) is 0 Å². The molecule has 2 aliphatic rings. The van der Waals surface area contributed by atoms with Crippen molar-refractivity contribution in [2.45, 2.75) is 58.2 Å². The van der Waals surface area contributed by atoms with Crippen LogP contribution in [0.1, 0.15) is 40.0 Å². The molecule has 6 heteroatoms. The van der Waals surface area contributed by atoms with E-state index in [1.165, 1.54) is 0 Å². The topological polar surface area (TPSA) is 78.7 Å². The quantitative estimate of drug-likeness (QED) is 0.759. The highest BCUT2D eigenvalue weighted by Crippen LogP contribution is 2.30. The Morgan fingerprint density at radius 1 is 1.23 bits per heavy atom. The van der Waals surface area contributed by atoms with Crippen molar-refractivity contribution in [3.05, 3.63) is 0 Å². The van der Waals surface area contributed by atoms with Crippen LogP contribution >= 0.6 is 0 Å². The van der Waals surface area contributed by atoms with E-state index in [0.29, 0.717) is 12.1 Å². The molecule has 6 nitrogen and oxygen atoms in total. The fourth-order valence-electron chi connectivity index (χ4n) is 3.51. The highest BCUT2D eigenvalue weighted by molar-refractivity contribution is 5.87. The maximum absolute atomic E-state index is 12.6. The summed E-state index contributed by atoms with van der Waals surface area (Å²) in [6, 6.07) is 0.0876. The van der Waals surface area contributed by atoms with E-state index in [1.807, 2.05) is 18.7 Å². The molecular formula is C16H30N4O2. The molecule has 2 amide bonds. The maximum Gasteiger partial charge on any atom is 0.242 e. The molecule has 0 aliphatic carbocycles. The number of hydrogen-bond donors (Lipinski definition) is 2. The summed E-state index contributed by atoms with van der Waals surface area (Å²) in [6.45, 7) is 9.09. The van der Waals surface area contributed by atoms with Gasteiger partial charge in [-0.15, -0.1) is 0 Å². The zero-order valence-corrected chi connectivity index (χ0v) is 14.0. The van der Waals surface area contributed by atoms with E-state index in [-0.39, 0.29) is 24.3 Å². The van der Waals surface area contributed by atoms with Gasteiger partial charge in [-0.2, -0.15) is 0 Å². The number of carbonyl (C=O) groups excluding carboxylic acids is 2. The van der Waals surface area contributed by atoms with Gasteiger partial charge in [0, 0.05) is 25.2 Å². The second-order valence-corrected chi connectivity index (χ2v) is 6.86. The standard InChI is InChI=1S/C16H30N4O2/c1-4-19-8-7-12-5-6-13(10-19)20(12)14(21)9-18-16(22)15(17)11(2)3/h11-13,15H,4-10,17H2,1-3H3,(H,18,22)/t12?,13?,15-/m0/s1. The first-order valence-corrected chi connectivity index (χ1v) is 8.50. The van der Waals surface area contributed by atoms with Crippen molar-refractivity contribution < 1.29 is 9.59 Å². The summed E-state index contributed by atoms with van der Waals surface area (Å²) in [6.07, 6.45) is 3.20. The van der Waals surface area contributed by atoms with Gasteiger partial charge in [-0.3, -0.25) is 9.59 Å². The molecule has 2 saturated heterocycles. The highest BCUT2D eigenvalue weighted by Gasteiger charge is 2.39. The van der Waals surface area contributed by atoms with E-state index in [4.69, 9.17) is 5.73 Å². The van der Waals surface area contributed by atoms with Crippen molar-refractivity contribution in [1.29, 1.82) is 0 Å². The van der Waals surface area contributed by atoms with Gasteiger partial charge >= 0.3 is 0 Å². The molecule has 2 heterocycles. The molecule has 0 aromatic rings. The Balaban J connectivity index is 1.91. The lowest BCUT2D eigenvalue weighted by Gasteiger charge is -2.29. The lowest BCUT2D eigenvalue weighted by Crippen LogP contribution is -2.50. The third kappa shape index (κ3) is 3.79. The zero-order valence-electron chi connectivity index (χ0n) is 14.0. The number of likely N-dealkylation sites (N-methyl/N-ethyl adjacent to an activating group) is 1. The van der Waals surface area contributed by atoms with Crippen LogP contribution in [0.4, 0.5) is 0 Å². The Labute approximate surface area is 133 Å². The summed E-state index contributed by atoms with van der Waals surface area (Å²) in [7, 11) is 0. The van der Waals surface area contributed by atoms with Crippen LogP contribution in [0.15, 0.2) is 0 Å². The molecular weight excluding hydrogens is 280 g/mol. The van der Waals surface area contributed by atoms with Crippen LogP contribution in [-0.2, 0) is 9.59 Å². The average Bonchev–Trinajstić information content (AvgIpc) is 2.78. The lowest BCUT2D eigenvalue weighted by molar-refractivity contribution is -0.135. The van der Waals surface area contributed by atoms with Crippen molar-refractivity contribution in [2.24, 2.45) is 11.7 Å². The fourth-order valence-corrected chi connectivity index (χ4v) is 3.51. The minimum absolute atomic E-state index is 0.0368. The third-order valence-electron chi connectivity index (χ3n) is 5.04. The number of likely N-dealkylation sites (tertiary alicyclic amines) is 1. The lowest BCUT2D eigenvalue weighted by atomic mass is 10.1. The summed E-state index contributed by atoms with van der Waals surface area (Å²) < 4.78 is 0. The summed E-state index contributed by atoms with van der Waals surface area (Å²) in [5.41, 5.74) is 5.81. The van der Waals surface area contributed by atoms with Crippen LogP contribution in [0, 0.1) is 5.92 Å². The van der Waals surface area contributed by atoms with E-state index < -0.39 is 6.04 Å². The van der Waals surface area contributed by atoms with Crippen LogP contribution in [0.3, 0.4) is 0 Å². The van der Waals surface area contributed by atoms with Crippen molar-refractivity contribution in [1.82, 2.24) is 15.1 Å². The van der Waals surface area contributed by atoms with Crippen LogP contribution in [0.5, 0.6) is 0 Å². The number of fused-ring (bicyclic) bond motifs is 2. The van der Waals surface area contributed by atoms with Gasteiger partial charge in [0.15, 0.2) is 0 Å². The van der Waals surface area contributed by atoms with Gasteiger partial charge in [-0.05, 0) is 31.7 Å². The Bertz CT molecular complexity index is 413. The maximum atomic E-state index is 12.6. The molecule has 3 N–H and O–H groups in total. The third-order valence-corrected chi connectivity index (χ3v) is 5.04. The van der Waals surface area contributed by atoms with E-state index in [9.17, 15) is 9.59 Å². The predicted molar refractivity (Wildman–Crippen MR) is 86.2 cm³/mol. The van der Waals surface area contributed by atoms with Crippen molar-refractivity contribution in [3.63, 3.8) is 0 Å². The first kappa shape index (κ1) is 17.2. The monoisotopic (exact) mass is 310 g/mol. The number of amides is 2. The van der Waals surface area contributed by atoms with E-state index in [0.717, 1.165) is 38.9 Å². The van der Waals surface area contributed by atoms with Crippen LogP contribution in [-0.4, -0.2) is 65.9 Å². The van der Waals surface area contributed by atoms with Gasteiger partial charge in [-0.1, -0.05) is 20.8 Å². The van der Waals surface area contributed by atoms with Crippen molar-refractivity contribution in [3.8, 4) is 0 Å². The van der Waals surface area contributed by atoms with Crippen molar-refractivity contribution in [2.75, 3.05) is 26.2 Å². The first-order chi connectivity index (χ1) is 10.4. The largest absolute Gasteiger partial charge is 0.346 e. The molecule has 2 aliphatic heterocycles. The number of hydrogen-bond acceptors (Lipinski definition) is 4. The number of carbonyl (C=O) groups is 2. The SMILES string of the molecule is CCN1CCC2CCC(C1)N2C(=O)CNC(=O)[C@@H](N)C(C)C. The van der Waals surface area contributed by atoms with Gasteiger partial charge in [0.2, 0.25) is 11.8 Å². The second-order valence-electron chi connectivity index (χ2n) is 6.86. The average molecular weight is 310 g/mol. The Morgan fingerprint density at radius 3 is 2.55 bits per heavy atom. The number of nitrogens with two attached hydrogens (primary N) is 1. The Kier molecular flexibility index (Phi) is 5.81. The first-order valence-electron chi connectivity index (χ1n) is 8.50. The minimum atomic E-state index is -0.552. The summed E-state index contributed by atoms with van der Waals surface area (Å²) >= 11 is 0. The van der Waals surface area contributed by atoms with Crippen LogP contribution in [0.2, 0.25) is 0 Å². The molecule has 2 unspecified atom stereocenters. The molecule has 0 aromatic carbocycles. The number of nitrogens with one attached hydrogen (secondary N) is 1. The van der Waals surface area contributed by atoms with Gasteiger partial charge in [0.05, 0.1) is 12.6 Å².